The monoisotopic (exact) mass is 263 g/mol. The van der Waals surface area contributed by atoms with Crippen LogP contribution in [-0.2, 0) is 13.9 Å². The summed E-state index contributed by atoms with van der Waals surface area (Å²) in [6, 6.07) is 1.06. The average molecular weight is 263 g/mol. The third-order valence-electron chi connectivity index (χ3n) is 1.75. The van der Waals surface area contributed by atoms with Crippen molar-refractivity contribution < 1.29 is 13.9 Å². The van der Waals surface area contributed by atoms with Crippen LogP contribution in [0.5, 0.6) is 0 Å². The number of rotatable bonds is 7. The third-order valence-corrected chi connectivity index (χ3v) is 3.05. The van der Waals surface area contributed by atoms with Crippen LogP contribution in [0, 0.1) is 0 Å². The Bertz CT molecular complexity index is 183. The van der Waals surface area contributed by atoms with Crippen molar-refractivity contribution in [2.75, 3.05) is 6.54 Å². The van der Waals surface area contributed by atoms with Crippen LogP contribution < -0.4 is 5.73 Å². The highest BCUT2D eigenvalue weighted by Gasteiger charge is 2.24. The van der Waals surface area contributed by atoms with Crippen molar-refractivity contribution in [2.45, 2.75) is 71.7 Å². The lowest BCUT2D eigenvalue weighted by Crippen LogP contribution is -2.37. The van der Waals surface area contributed by atoms with Gasteiger partial charge in [0.1, 0.15) is 0 Å². The fraction of sp³-hybridized carbons (Fsp3) is 1.00. The molecule has 2 N–H and O–H groups in total. The van der Waals surface area contributed by atoms with Gasteiger partial charge in [-0.25, -0.2) is 0 Å². The molecule has 17 heavy (non-hydrogen) atoms. The van der Waals surface area contributed by atoms with E-state index < -0.39 is 16.2 Å². The molecule has 104 valence electrons. The van der Waals surface area contributed by atoms with E-state index in [9.17, 15) is 0 Å². The molecule has 0 atom stereocenters. The van der Waals surface area contributed by atoms with Crippen molar-refractivity contribution in [3.8, 4) is 0 Å². The Labute approximate surface area is 108 Å². The standard InChI is InChI=1S/C12H29NO3Si/c1-11(2,3)14-10(15-12(4,5)6)16-17-9-7-8-13/h10H,7-9,13,17H2,1-6H3. The molecule has 5 heteroatoms. The molecule has 0 aliphatic carbocycles. The molecule has 0 amide bonds. The van der Waals surface area contributed by atoms with Crippen LogP contribution in [0.2, 0.25) is 6.04 Å². The second-order valence-electron chi connectivity index (χ2n) is 6.12. The topological polar surface area (TPSA) is 53.7 Å². The first kappa shape index (κ1) is 17.1. The van der Waals surface area contributed by atoms with E-state index in [2.05, 4.69) is 0 Å². The normalized spacial score (nSPS) is 14.1. The van der Waals surface area contributed by atoms with Gasteiger partial charge in [-0.3, -0.25) is 0 Å². The first-order valence-electron chi connectivity index (χ1n) is 6.31. The highest BCUT2D eigenvalue weighted by molar-refractivity contribution is 6.27. The Kier molecular flexibility index (Phi) is 7.51. The summed E-state index contributed by atoms with van der Waals surface area (Å²) < 4.78 is 17.2. The largest absolute Gasteiger partial charge is 0.379 e. The van der Waals surface area contributed by atoms with Crippen LogP contribution in [0.1, 0.15) is 48.0 Å². The van der Waals surface area contributed by atoms with Crippen molar-refractivity contribution in [3.63, 3.8) is 0 Å². The molecule has 0 heterocycles. The van der Waals surface area contributed by atoms with Gasteiger partial charge in [-0.15, -0.1) is 0 Å². The summed E-state index contributed by atoms with van der Waals surface area (Å²) in [6.07, 6.45) is 1.02. The quantitative estimate of drug-likeness (QED) is 0.432. The van der Waals surface area contributed by atoms with Gasteiger partial charge in [0.05, 0.1) is 11.2 Å². The highest BCUT2D eigenvalue weighted by atomic mass is 28.2. The molecule has 0 aromatic heterocycles. The Morgan fingerprint density at radius 3 is 1.82 bits per heavy atom. The summed E-state index contributed by atoms with van der Waals surface area (Å²) in [5.74, 6) is 0. The molecule has 0 aromatic rings. The van der Waals surface area contributed by atoms with Crippen molar-refractivity contribution >= 4 is 9.76 Å². The lowest BCUT2D eigenvalue weighted by Gasteiger charge is -2.32. The maximum atomic E-state index is 5.75. The smallest absolute Gasteiger partial charge is 0.262 e. The Morgan fingerprint density at radius 1 is 1.00 bits per heavy atom. The SMILES string of the molecule is CC(C)(C)OC(O[SiH2]CCCN)OC(C)(C)C. The van der Waals surface area contributed by atoms with E-state index in [1.54, 1.807) is 0 Å². The summed E-state index contributed by atoms with van der Waals surface area (Å²) in [6.45, 7) is 12.1. The second-order valence-corrected chi connectivity index (χ2v) is 7.56. The van der Waals surface area contributed by atoms with Gasteiger partial charge in [-0.1, -0.05) is 0 Å². The molecule has 0 bridgehead atoms. The summed E-state index contributed by atoms with van der Waals surface area (Å²) in [7, 11) is -0.615. The molecule has 4 nitrogen and oxygen atoms in total. The van der Waals surface area contributed by atoms with Gasteiger partial charge in [-0.2, -0.15) is 0 Å². The van der Waals surface area contributed by atoms with Crippen LogP contribution >= 0.6 is 0 Å². The summed E-state index contributed by atoms with van der Waals surface area (Å²) in [5, 5.41) is 0. The molecule has 0 saturated carbocycles. The number of ether oxygens (including phenoxy) is 2. The fourth-order valence-electron chi connectivity index (χ4n) is 1.10. The van der Waals surface area contributed by atoms with E-state index >= 15 is 0 Å². The predicted molar refractivity (Wildman–Crippen MR) is 73.6 cm³/mol. The maximum absolute atomic E-state index is 5.75. The minimum absolute atomic E-state index is 0.266. The average Bonchev–Trinajstić information content (AvgIpc) is 2.06. The minimum Gasteiger partial charge on any atom is -0.379 e. The van der Waals surface area contributed by atoms with Crippen molar-refractivity contribution in [1.82, 2.24) is 0 Å². The number of hydrogen-bond donors (Lipinski definition) is 1. The van der Waals surface area contributed by atoms with Gasteiger partial charge >= 0.3 is 0 Å². The van der Waals surface area contributed by atoms with Gasteiger partial charge < -0.3 is 19.6 Å². The molecule has 0 radical (unpaired) electrons. The second kappa shape index (κ2) is 7.48. The van der Waals surface area contributed by atoms with Gasteiger partial charge in [0.2, 0.25) is 0 Å². The molecule has 0 unspecified atom stereocenters. The van der Waals surface area contributed by atoms with E-state index in [0.29, 0.717) is 0 Å². The molecular formula is C12H29NO3Si. The van der Waals surface area contributed by atoms with Crippen LogP contribution in [0.3, 0.4) is 0 Å². The Hall–Kier alpha value is 0.0569. The van der Waals surface area contributed by atoms with Gasteiger partial charge in [0, 0.05) is 0 Å². The lowest BCUT2D eigenvalue weighted by atomic mass is 10.2. The van der Waals surface area contributed by atoms with E-state index in [1.165, 1.54) is 0 Å². The van der Waals surface area contributed by atoms with E-state index in [4.69, 9.17) is 19.6 Å². The molecule has 0 aliphatic heterocycles. The zero-order valence-corrected chi connectivity index (χ0v) is 13.6. The first-order chi connectivity index (χ1) is 7.64. The van der Waals surface area contributed by atoms with E-state index in [-0.39, 0.29) is 11.2 Å². The fourth-order valence-corrected chi connectivity index (χ4v) is 2.08. The molecular weight excluding hydrogens is 234 g/mol. The maximum Gasteiger partial charge on any atom is 0.262 e. The first-order valence-corrected chi connectivity index (χ1v) is 7.89. The molecule has 0 fully saturated rings. The summed E-state index contributed by atoms with van der Waals surface area (Å²) in [5.41, 5.74) is 4.92. The summed E-state index contributed by atoms with van der Waals surface area (Å²) >= 11 is 0. The number of nitrogens with two attached hydrogens (primary N) is 1. The van der Waals surface area contributed by atoms with Crippen molar-refractivity contribution in [1.29, 1.82) is 0 Å². The van der Waals surface area contributed by atoms with Crippen LogP contribution in [0.25, 0.3) is 0 Å². The van der Waals surface area contributed by atoms with Crippen LogP contribution in [0.15, 0.2) is 0 Å². The van der Waals surface area contributed by atoms with Crippen molar-refractivity contribution in [2.24, 2.45) is 5.73 Å². The third kappa shape index (κ3) is 12.3. The molecule has 0 aliphatic rings. The predicted octanol–water partition coefficient (Wildman–Crippen LogP) is 1.77. The van der Waals surface area contributed by atoms with Crippen LogP contribution in [-0.4, -0.2) is 34.0 Å². The molecule has 0 rings (SSSR count). The van der Waals surface area contributed by atoms with Gasteiger partial charge in [0.25, 0.3) is 6.48 Å². The van der Waals surface area contributed by atoms with Crippen molar-refractivity contribution in [3.05, 3.63) is 0 Å². The Balaban J connectivity index is 4.12. The van der Waals surface area contributed by atoms with E-state index in [1.807, 2.05) is 41.5 Å². The van der Waals surface area contributed by atoms with Crippen LogP contribution in [0.4, 0.5) is 0 Å². The summed E-state index contributed by atoms with van der Waals surface area (Å²) in [4.78, 5) is 0. The minimum atomic E-state index is -0.615. The zero-order valence-electron chi connectivity index (χ0n) is 12.2. The van der Waals surface area contributed by atoms with Gasteiger partial charge in [-0.05, 0) is 60.6 Å². The lowest BCUT2D eigenvalue weighted by molar-refractivity contribution is -0.314. The van der Waals surface area contributed by atoms with Gasteiger partial charge in [0.15, 0.2) is 9.76 Å². The Morgan fingerprint density at radius 2 is 1.47 bits per heavy atom. The van der Waals surface area contributed by atoms with E-state index in [0.717, 1.165) is 19.0 Å². The zero-order chi connectivity index (χ0) is 13.5. The molecule has 0 spiro atoms. The number of hydrogen-bond acceptors (Lipinski definition) is 4. The highest BCUT2D eigenvalue weighted by Crippen LogP contribution is 2.18. The molecule has 0 saturated heterocycles. The molecule has 0 aromatic carbocycles.